The van der Waals surface area contributed by atoms with Gasteiger partial charge in [-0.25, -0.2) is 0 Å². The minimum atomic E-state index is 1.10. The molecule has 0 N–H and O–H groups in total. The summed E-state index contributed by atoms with van der Waals surface area (Å²) in [5, 5.41) is 4.95. The Bertz CT molecular complexity index is 2830. The fourth-order valence-corrected chi connectivity index (χ4v) is 7.88. The molecule has 0 spiro atoms. The molecule has 0 amide bonds. The van der Waals surface area contributed by atoms with Crippen LogP contribution in [0.25, 0.3) is 66.1 Å². The van der Waals surface area contributed by atoms with E-state index in [2.05, 4.69) is 202 Å². The van der Waals surface area contributed by atoms with E-state index in [9.17, 15) is 0 Å². The zero-order chi connectivity index (χ0) is 34.6. The predicted molar refractivity (Wildman–Crippen MR) is 218 cm³/mol. The SMILES string of the molecule is Cc1ccc(N(c2ccc(-n3c4ccccc4c4ccccc43)cc2)c2cccc3c2c2ccccc2n3-c2ccc(-c3ccncc3)cc2)cc1. The van der Waals surface area contributed by atoms with Gasteiger partial charge in [-0.1, -0.05) is 90.5 Å². The first-order chi connectivity index (χ1) is 25.7. The molecule has 52 heavy (non-hydrogen) atoms. The fraction of sp³-hybridized carbons (Fsp3) is 0.0208. The molecule has 0 unspecified atom stereocenters. The van der Waals surface area contributed by atoms with E-state index in [1.54, 1.807) is 0 Å². The van der Waals surface area contributed by atoms with Crippen LogP contribution in [0.15, 0.2) is 188 Å². The van der Waals surface area contributed by atoms with Crippen molar-refractivity contribution in [1.82, 2.24) is 14.1 Å². The summed E-state index contributed by atoms with van der Waals surface area (Å²) in [6.45, 7) is 2.14. The molecular weight excluding hydrogens is 633 g/mol. The molecule has 0 radical (unpaired) electrons. The third kappa shape index (κ3) is 4.80. The lowest BCUT2D eigenvalue weighted by Crippen LogP contribution is -2.10. The third-order valence-electron chi connectivity index (χ3n) is 10.3. The number of aryl methyl sites for hydroxylation is 1. The van der Waals surface area contributed by atoms with Crippen molar-refractivity contribution >= 4 is 60.7 Å². The second-order valence-corrected chi connectivity index (χ2v) is 13.4. The summed E-state index contributed by atoms with van der Waals surface area (Å²) in [6.07, 6.45) is 3.69. The minimum absolute atomic E-state index is 1.10. The first-order valence-corrected chi connectivity index (χ1v) is 17.7. The highest BCUT2D eigenvalue weighted by Gasteiger charge is 2.21. The van der Waals surface area contributed by atoms with Crippen LogP contribution in [0.1, 0.15) is 5.56 Å². The second-order valence-electron chi connectivity index (χ2n) is 13.4. The van der Waals surface area contributed by atoms with Crippen LogP contribution in [-0.2, 0) is 0 Å². The fourth-order valence-electron chi connectivity index (χ4n) is 7.88. The number of benzene rings is 7. The minimum Gasteiger partial charge on any atom is -0.310 e. The third-order valence-corrected chi connectivity index (χ3v) is 10.3. The number of para-hydroxylation sites is 3. The number of rotatable bonds is 6. The van der Waals surface area contributed by atoms with E-state index in [1.807, 2.05) is 12.4 Å². The highest BCUT2D eigenvalue weighted by atomic mass is 15.1. The molecule has 4 heteroatoms. The maximum atomic E-state index is 4.20. The van der Waals surface area contributed by atoms with Crippen LogP contribution in [-0.4, -0.2) is 14.1 Å². The van der Waals surface area contributed by atoms with Gasteiger partial charge in [0.25, 0.3) is 0 Å². The van der Waals surface area contributed by atoms with Gasteiger partial charge < -0.3 is 14.0 Å². The standard InChI is InChI=1S/C48H34N4/c1-33-17-21-36(22-18-33)50(37-25-27-39(28-26-37)51-43-12-5-2-9-40(43)41-10-3-6-13-44(41)51)46-15-8-16-47-48(46)42-11-4-7-14-45(42)52(47)38-23-19-34(20-24-38)35-29-31-49-32-30-35/h2-32H,1H3. The van der Waals surface area contributed by atoms with Crippen molar-refractivity contribution in [2.24, 2.45) is 0 Å². The molecule has 10 aromatic rings. The Morgan fingerprint density at radius 2 is 0.865 bits per heavy atom. The quantitative estimate of drug-likeness (QED) is 0.177. The van der Waals surface area contributed by atoms with Gasteiger partial charge in [0.2, 0.25) is 0 Å². The molecule has 7 aromatic carbocycles. The summed E-state index contributed by atoms with van der Waals surface area (Å²) in [4.78, 5) is 6.60. The molecule has 0 bridgehead atoms. The molecule has 0 atom stereocenters. The number of pyridine rings is 1. The number of fused-ring (bicyclic) bond motifs is 6. The number of anilines is 3. The maximum Gasteiger partial charge on any atom is 0.0562 e. The maximum absolute atomic E-state index is 4.20. The predicted octanol–water partition coefficient (Wildman–Crippen LogP) is 12.7. The highest BCUT2D eigenvalue weighted by molar-refractivity contribution is 6.16. The first-order valence-electron chi connectivity index (χ1n) is 17.7. The molecule has 0 saturated heterocycles. The van der Waals surface area contributed by atoms with Crippen molar-refractivity contribution in [3.63, 3.8) is 0 Å². The summed E-state index contributed by atoms with van der Waals surface area (Å²) in [5.74, 6) is 0. The van der Waals surface area contributed by atoms with Crippen LogP contribution in [0.4, 0.5) is 17.1 Å². The second kappa shape index (κ2) is 12.1. The zero-order valence-corrected chi connectivity index (χ0v) is 28.7. The van der Waals surface area contributed by atoms with Gasteiger partial charge in [-0.05, 0) is 109 Å². The van der Waals surface area contributed by atoms with Gasteiger partial charge in [0.05, 0.1) is 27.8 Å². The van der Waals surface area contributed by atoms with Crippen LogP contribution in [0.5, 0.6) is 0 Å². The summed E-state index contributed by atoms with van der Waals surface area (Å²) < 4.78 is 4.77. The van der Waals surface area contributed by atoms with Crippen molar-refractivity contribution in [2.45, 2.75) is 6.92 Å². The van der Waals surface area contributed by atoms with E-state index in [-0.39, 0.29) is 0 Å². The normalized spacial score (nSPS) is 11.6. The Labute approximate surface area is 302 Å². The van der Waals surface area contributed by atoms with Crippen LogP contribution in [0.2, 0.25) is 0 Å². The lowest BCUT2D eigenvalue weighted by molar-refractivity contribution is 1.17. The number of hydrogen-bond donors (Lipinski definition) is 0. The summed E-state index contributed by atoms with van der Waals surface area (Å²) in [7, 11) is 0. The number of aromatic nitrogens is 3. The average molecular weight is 667 g/mol. The lowest BCUT2D eigenvalue weighted by atomic mass is 10.1. The van der Waals surface area contributed by atoms with E-state index in [0.717, 1.165) is 39.5 Å². The van der Waals surface area contributed by atoms with Crippen LogP contribution in [0.3, 0.4) is 0 Å². The van der Waals surface area contributed by atoms with Gasteiger partial charge in [0.1, 0.15) is 0 Å². The molecule has 0 fully saturated rings. The highest BCUT2D eigenvalue weighted by Crippen LogP contribution is 2.44. The Morgan fingerprint density at radius 1 is 0.404 bits per heavy atom. The Morgan fingerprint density at radius 3 is 1.48 bits per heavy atom. The van der Waals surface area contributed by atoms with Gasteiger partial charge in [0, 0.05) is 56.7 Å². The molecule has 3 heterocycles. The molecule has 4 nitrogen and oxygen atoms in total. The van der Waals surface area contributed by atoms with Crippen molar-refractivity contribution < 1.29 is 0 Å². The van der Waals surface area contributed by atoms with E-state index in [1.165, 1.54) is 49.2 Å². The molecule has 0 saturated carbocycles. The van der Waals surface area contributed by atoms with Crippen molar-refractivity contribution in [3.8, 4) is 22.5 Å². The summed E-state index contributed by atoms with van der Waals surface area (Å²) >= 11 is 0. The smallest absolute Gasteiger partial charge is 0.0562 e. The van der Waals surface area contributed by atoms with Gasteiger partial charge in [0.15, 0.2) is 0 Å². The van der Waals surface area contributed by atoms with Gasteiger partial charge >= 0.3 is 0 Å². The topological polar surface area (TPSA) is 26.0 Å². The largest absolute Gasteiger partial charge is 0.310 e. The van der Waals surface area contributed by atoms with Crippen molar-refractivity contribution in [2.75, 3.05) is 4.90 Å². The van der Waals surface area contributed by atoms with Crippen LogP contribution >= 0.6 is 0 Å². The first kappa shape index (κ1) is 30.0. The van der Waals surface area contributed by atoms with Gasteiger partial charge in [-0.15, -0.1) is 0 Å². The molecule has 10 rings (SSSR count). The zero-order valence-electron chi connectivity index (χ0n) is 28.7. The van der Waals surface area contributed by atoms with Gasteiger partial charge in [-0.3, -0.25) is 4.98 Å². The van der Waals surface area contributed by atoms with Gasteiger partial charge in [-0.2, -0.15) is 0 Å². The number of nitrogens with zero attached hydrogens (tertiary/aromatic N) is 4. The molecule has 246 valence electrons. The van der Waals surface area contributed by atoms with E-state index in [0.29, 0.717) is 0 Å². The van der Waals surface area contributed by atoms with E-state index >= 15 is 0 Å². The summed E-state index contributed by atoms with van der Waals surface area (Å²) in [5.41, 5.74) is 13.9. The molecule has 3 aromatic heterocycles. The molecule has 0 aliphatic rings. The van der Waals surface area contributed by atoms with Crippen molar-refractivity contribution in [1.29, 1.82) is 0 Å². The summed E-state index contributed by atoms with van der Waals surface area (Å²) in [6, 6.07) is 63.6. The van der Waals surface area contributed by atoms with Crippen molar-refractivity contribution in [3.05, 3.63) is 194 Å². The van der Waals surface area contributed by atoms with E-state index < -0.39 is 0 Å². The molecule has 0 aliphatic carbocycles. The van der Waals surface area contributed by atoms with Crippen LogP contribution in [0, 0.1) is 6.92 Å². The Kier molecular flexibility index (Phi) is 7.00. The Hall–Kier alpha value is -6.91. The average Bonchev–Trinajstić information content (AvgIpc) is 3.73. The Balaban J connectivity index is 1.15. The number of hydrogen-bond acceptors (Lipinski definition) is 2. The molecule has 0 aliphatic heterocycles. The molecular formula is C48H34N4. The van der Waals surface area contributed by atoms with E-state index in [4.69, 9.17) is 0 Å². The van der Waals surface area contributed by atoms with Crippen LogP contribution < -0.4 is 4.90 Å². The monoisotopic (exact) mass is 666 g/mol. The lowest BCUT2D eigenvalue weighted by Gasteiger charge is -2.27.